The van der Waals surface area contributed by atoms with Crippen LogP contribution in [0, 0.1) is 0 Å². The van der Waals surface area contributed by atoms with Gasteiger partial charge < -0.3 is 10.1 Å². The van der Waals surface area contributed by atoms with E-state index in [2.05, 4.69) is 5.32 Å². The lowest BCUT2D eigenvalue weighted by Gasteiger charge is -2.21. The molecule has 0 radical (unpaired) electrons. The monoisotopic (exact) mass is 468 g/mol. The molecule has 1 heterocycles. The molecule has 31 heavy (non-hydrogen) atoms. The number of sulfonamides is 1. The van der Waals surface area contributed by atoms with Crippen LogP contribution in [-0.2, 0) is 20.1 Å². The third-order valence-corrected chi connectivity index (χ3v) is 7.77. The zero-order valence-electron chi connectivity index (χ0n) is 16.9. The Bertz CT molecular complexity index is 1170. The van der Waals surface area contributed by atoms with E-state index in [4.69, 9.17) is 9.29 Å². The van der Waals surface area contributed by atoms with Crippen LogP contribution >= 0.6 is 0 Å². The van der Waals surface area contributed by atoms with E-state index in [0.717, 1.165) is 31.7 Å². The van der Waals surface area contributed by atoms with Gasteiger partial charge in [-0.1, -0.05) is 18.9 Å². The predicted octanol–water partition coefficient (Wildman–Crippen LogP) is 2.76. The molecule has 0 bridgehead atoms. The lowest BCUT2D eigenvalue weighted by molar-refractivity contribution is 0.102. The Morgan fingerprint density at radius 3 is 2.29 bits per heavy atom. The van der Waals surface area contributed by atoms with Crippen LogP contribution in [0.2, 0.25) is 0 Å². The minimum atomic E-state index is -4.43. The Morgan fingerprint density at radius 1 is 1.00 bits per heavy atom. The molecule has 0 aliphatic carbocycles. The second-order valence-corrected chi connectivity index (χ2v) is 10.5. The van der Waals surface area contributed by atoms with Gasteiger partial charge in [-0.25, -0.2) is 8.42 Å². The van der Waals surface area contributed by atoms with Gasteiger partial charge in [0, 0.05) is 24.3 Å². The van der Waals surface area contributed by atoms with Gasteiger partial charge in [-0.2, -0.15) is 12.7 Å². The van der Waals surface area contributed by atoms with Gasteiger partial charge in [0.2, 0.25) is 10.0 Å². The standard InChI is InChI=1S/C20H24N2O7S2/c1-29-18-10-9-15(13-19(18)30(24,25)22-11-4-2-3-5-12-22)20(23)21-16-7-6-8-17(14-16)31(26,27)28/h6-10,13-14H,2-5,11-12H2,1H3,(H,21,23)(H,26,27,28). The minimum Gasteiger partial charge on any atom is -0.495 e. The summed E-state index contributed by atoms with van der Waals surface area (Å²) in [5, 5.41) is 2.51. The summed E-state index contributed by atoms with van der Waals surface area (Å²) in [6.07, 6.45) is 3.47. The number of nitrogens with zero attached hydrogens (tertiary/aromatic N) is 1. The first kappa shape index (κ1) is 23.2. The summed E-state index contributed by atoms with van der Waals surface area (Å²) in [5.74, 6) is -0.503. The molecule has 1 aliphatic heterocycles. The van der Waals surface area contributed by atoms with E-state index in [9.17, 15) is 21.6 Å². The molecule has 3 rings (SSSR count). The van der Waals surface area contributed by atoms with Crippen LogP contribution < -0.4 is 10.1 Å². The highest BCUT2D eigenvalue weighted by molar-refractivity contribution is 7.89. The topological polar surface area (TPSA) is 130 Å². The molecule has 168 valence electrons. The number of methoxy groups -OCH3 is 1. The van der Waals surface area contributed by atoms with E-state index in [1.165, 1.54) is 47.8 Å². The van der Waals surface area contributed by atoms with Crippen LogP contribution in [0.1, 0.15) is 36.0 Å². The van der Waals surface area contributed by atoms with Crippen molar-refractivity contribution in [2.75, 3.05) is 25.5 Å². The summed E-state index contributed by atoms with van der Waals surface area (Å²) in [4.78, 5) is 12.2. The van der Waals surface area contributed by atoms with Crippen molar-refractivity contribution >= 4 is 31.7 Å². The van der Waals surface area contributed by atoms with E-state index in [1.807, 2.05) is 0 Å². The molecule has 1 aliphatic rings. The molecular formula is C20H24N2O7S2. The van der Waals surface area contributed by atoms with Crippen molar-refractivity contribution in [3.8, 4) is 5.75 Å². The van der Waals surface area contributed by atoms with Crippen molar-refractivity contribution in [2.45, 2.75) is 35.5 Å². The smallest absolute Gasteiger partial charge is 0.294 e. The molecule has 2 aromatic carbocycles. The molecule has 1 saturated heterocycles. The number of nitrogens with one attached hydrogen (secondary N) is 1. The first-order valence-corrected chi connectivity index (χ1v) is 12.6. The third kappa shape index (κ3) is 5.42. The number of carbonyl (C=O) groups excluding carboxylic acids is 1. The molecule has 1 amide bonds. The van der Waals surface area contributed by atoms with Crippen molar-refractivity contribution in [1.82, 2.24) is 4.31 Å². The van der Waals surface area contributed by atoms with Gasteiger partial charge in [0.1, 0.15) is 10.6 Å². The summed E-state index contributed by atoms with van der Waals surface area (Å²) in [7, 11) is -6.94. The Labute approximate surface area is 181 Å². The van der Waals surface area contributed by atoms with Crippen molar-refractivity contribution < 1.29 is 30.9 Å². The maximum Gasteiger partial charge on any atom is 0.294 e. The van der Waals surface area contributed by atoms with Crippen molar-refractivity contribution in [2.24, 2.45) is 0 Å². The zero-order chi connectivity index (χ0) is 22.6. The fourth-order valence-electron chi connectivity index (χ4n) is 3.38. The summed E-state index contributed by atoms with van der Waals surface area (Å²) in [6, 6.07) is 9.18. The van der Waals surface area contributed by atoms with E-state index >= 15 is 0 Å². The molecule has 0 aromatic heterocycles. The Morgan fingerprint density at radius 2 is 1.68 bits per heavy atom. The quantitative estimate of drug-likeness (QED) is 0.624. The molecule has 9 nitrogen and oxygen atoms in total. The fourth-order valence-corrected chi connectivity index (χ4v) is 5.60. The summed E-state index contributed by atoms with van der Waals surface area (Å²) < 4.78 is 64.9. The van der Waals surface area contributed by atoms with Crippen LogP contribution in [0.5, 0.6) is 5.75 Å². The number of amides is 1. The SMILES string of the molecule is COc1ccc(C(=O)Nc2cccc(S(=O)(=O)O)c2)cc1S(=O)(=O)N1CCCCCC1. The molecular weight excluding hydrogens is 444 g/mol. The van der Waals surface area contributed by atoms with Crippen LogP contribution in [-0.4, -0.2) is 51.8 Å². The first-order chi connectivity index (χ1) is 14.6. The predicted molar refractivity (Wildman–Crippen MR) is 114 cm³/mol. The van der Waals surface area contributed by atoms with E-state index in [1.54, 1.807) is 0 Å². The zero-order valence-corrected chi connectivity index (χ0v) is 18.6. The number of anilines is 1. The number of hydrogen-bond acceptors (Lipinski definition) is 6. The molecule has 1 fully saturated rings. The van der Waals surface area contributed by atoms with Crippen LogP contribution in [0.4, 0.5) is 5.69 Å². The van der Waals surface area contributed by atoms with Gasteiger partial charge in [0.15, 0.2) is 0 Å². The summed E-state index contributed by atoms with van der Waals surface area (Å²) in [5.41, 5.74) is 0.194. The number of ether oxygens (including phenoxy) is 1. The van der Waals surface area contributed by atoms with E-state index in [-0.39, 0.29) is 26.8 Å². The molecule has 0 saturated carbocycles. The average Bonchev–Trinajstić information content (AvgIpc) is 3.03. The van der Waals surface area contributed by atoms with Crippen LogP contribution in [0.15, 0.2) is 52.3 Å². The maximum absolute atomic E-state index is 13.2. The summed E-state index contributed by atoms with van der Waals surface area (Å²) >= 11 is 0. The lowest BCUT2D eigenvalue weighted by atomic mass is 10.2. The van der Waals surface area contributed by atoms with Gasteiger partial charge in [0.25, 0.3) is 16.0 Å². The highest BCUT2D eigenvalue weighted by Gasteiger charge is 2.29. The molecule has 0 unspecified atom stereocenters. The molecule has 0 spiro atoms. The van der Waals surface area contributed by atoms with Crippen LogP contribution in [0.25, 0.3) is 0 Å². The van der Waals surface area contributed by atoms with Crippen molar-refractivity contribution in [3.63, 3.8) is 0 Å². The van der Waals surface area contributed by atoms with Gasteiger partial charge in [-0.3, -0.25) is 9.35 Å². The second kappa shape index (κ2) is 9.35. The first-order valence-electron chi connectivity index (χ1n) is 9.70. The third-order valence-electron chi connectivity index (χ3n) is 5.00. The minimum absolute atomic E-state index is 0.0615. The fraction of sp³-hybridized carbons (Fsp3) is 0.350. The molecule has 2 N–H and O–H groups in total. The van der Waals surface area contributed by atoms with Gasteiger partial charge >= 0.3 is 0 Å². The number of carbonyl (C=O) groups is 1. The largest absolute Gasteiger partial charge is 0.495 e. The highest BCUT2D eigenvalue weighted by Crippen LogP contribution is 2.30. The molecule has 2 aromatic rings. The normalized spacial score (nSPS) is 15.8. The van der Waals surface area contributed by atoms with Crippen LogP contribution in [0.3, 0.4) is 0 Å². The van der Waals surface area contributed by atoms with Gasteiger partial charge in [-0.15, -0.1) is 0 Å². The summed E-state index contributed by atoms with van der Waals surface area (Å²) in [6.45, 7) is 0.814. The molecule has 0 atom stereocenters. The number of rotatable bonds is 6. The number of hydrogen-bond donors (Lipinski definition) is 2. The molecule has 11 heteroatoms. The average molecular weight is 469 g/mol. The van der Waals surface area contributed by atoms with Crippen molar-refractivity contribution in [3.05, 3.63) is 48.0 Å². The number of benzene rings is 2. The highest BCUT2D eigenvalue weighted by atomic mass is 32.2. The maximum atomic E-state index is 13.2. The van der Waals surface area contributed by atoms with E-state index < -0.39 is 26.0 Å². The Balaban J connectivity index is 1.92. The van der Waals surface area contributed by atoms with Gasteiger partial charge in [0.05, 0.1) is 12.0 Å². The van der Waals surface area contributed by atoms with Crippen molar-refractivity contribution in [1.29, 1.82) is 0 Å². The van der Waals surface area contributed by atoms with E-state index in [0.29, 0.717) is 13.1 Å². The Hall–Kier alpha value is -2.47. The van der Waals surface area contributed by atoms with Gasteiger partial charge in [-0.05, 0) is 49.2 Å². The second-order valence-electron chi connectivity index (χ2n) is 7.14. The Kier molecular flexibility index (Phi) is 6.99. The lowest BCUT2D eigenvalue weighted by Crippen LogP contribution is -2.32.